The highest BCUT2D eigenvalue weighted by Gasteiger charge is 2.44. The van der Waals surface area contributed by atoms with Crippen molar-refractivity contribution in [1.29, 1.82) is 5.26 Å². The zero-order chi connectivity index (χ0) is 21.1. The lowest BCUT2D eigenvalue weighted by atomic mass is 9.83. The molecule has 2 unspecified atom stereocenters. The summed E-state index contributed by atoms with van der Waals surface area (Å²) in [5.74, 6) is 1.78. The Kier molecular flexibility index (Phi) is 6.16. The standard InChI is InChI=1S/C21H28FN7S/c1-14-10-24-20(26-18-8-15(2)28-30-18)27-19(14)29-12-21(13-29,6-7-23)25-11-16-4-3-5-17(22)9-16/h8,10,16-17,25H,3-6,9,11-13H2,1-2H3,(H,24,26,27). The number of hydrogen-bond donors (Lipinski definition) is 2. The Morgan fingerprint density at radius 1 is 1.37 bits per heavy atom. The number of alkyl halides is 1. The van der Waals surface area contributed by atoms with Crippen LogP contribution in [0.4, 0.5) is 21.2 Å². The first-order chi connectivity index (χ1) is 14.5. The predicted octanol–water partition coefficient (Wildman–Crippen LogP) is 3.88. The van der Waals surface area contributed by atoms with Crippen molar-refractivity contribution in [2.45, 2.75) is 57.7 Å². The molecule has 3 heterocycles. The van der Waals surface area contributed by atoms with E-state index in [9.17, 15) is 9.65 Å². The molecule has 1 aliphatic carbocycles. The molecule has 2 aliphatic rings. The van der Waals surface area contributed by atoms with Crippen molar-refractivity contribution in [2.75, 3.05) is 29.9 Å². The highest BCUT2D eigenvalue weighted by Crippen LogP contribution is 2.33. The molecule has 2 fully saturated rings. The highest BCUT2D eigenvalue weighted by atomic mass is 32.1. The molecule has 2 aromatic rings. The first-order valence-electron chi connectivity index (χ1n) is 10.5. The van der Waals surface area contributed by atoms with Crippen LogP contribution in [0.15, 0.2) is 12.3 Å². The van der Waals surface area contributed by atoms with Crippen LogP contribution in [0.5, 0.6) is 0 Å². The van der Waals surface area contributed by atoms with Crippen molar-refractivity contribution in [1.82, 2.24) is 19.7 Å². The summed E-state index contributed by atoms with van der Waals surface area (Å²) in [6, 6.07) is 4.29. The van der Waals surface area contributed by atoms with Crippen molar-refractivity contribution in [3.05, 3.63) is 23.5 Å². The van der Waals surface area contributed by atoms with Gasteiger partial charge in [0.25, 0.3) is 0 Å². The monoisotopic (exact) mass is 429 g/mol. The largest absolute Gasteiger partial charge is 0.352 e. The van der Waals surface area contributed by atoms with Crippen molar-refractivity contribution >= 4 is 28.3 Å². The second-order valence-electron chi connectivity index (χ2n) is 8.64. The number of rotatable bonds is 7. The average Bonchev–Trinajstić information content (AvgIpc) is 3.10. The molecule has 2 N–H and O–H groups in total. The second kappa shape index (κ2) is 8.82. The minimum atomic E-state index is -0.674. The van der Waals surface area contributed by atoms with E-state index in [4.69, 9.17) is 4.98 Å². The van der Waals surface area contributed by atoms with E-state index < -0.39 is 6.17 Å². The van der Waals surface area contributed by atoms with Crippen LogP contribution in [0, 0.1) is 31.1 Å². The van der Waals surface area contributed by atoms with Gasteiger partial charge in [-0.15, -0.1) is 0 Å². The molecular formula is C21H28FN7S. The molecular weight excluding hydrogens is 401 g/mol. The number of aryl methyl sites for hydroxylation is 2. The van der Waals surface area contributed by atoms with Gasteiger partial charge in [0, 0.05) is 24.8 Å². The van der Waals surface area contributed by atoms with E-state index in [1.54, 1.807) is 0 Å². The number of nitriles is 1. The quantitative estimate of drug-likeness (QED) is 0.690. The zero-order valence-corrected chi connectivity index (χ0v) is 18.3. The van der Waals surface area contributed by atoms with Crippen LogP contribution < -0.4 is 15.5 Å². The fourth-order valence-corrected chi connectivity index (χ4v) is 5.04. The van der Waals surface area contributed by atoms with E-state index >= 15 is 0 Å². The van der Waals surface area contributed by atoms with Gasteiger partial charge in [-0.1, -0.05) is 6.42 Å². The van der Waals surface area contributed by atoms with Gasteiger partial charge < -0.3 is 15.5 Å². The van der Waals surface area contributed by atoms with E-state index in [0.717, 1.165) is 41.5 Å². The van der Waals surface area contributed by atoms with Gasteiger partial charge in [-0.2, -0.15) is 14.6 Å². The lowest BCUT2D eigenvalue weighted by Crippen LogP contribution is -2.70. The van der Waals surface area contributed by atoms with Gasteiger partial charge in [-0.3, -0.25) is 0 Å². The first kappa shape index (κ1) is 20.9. The second-order valence-corrected chi connectivity index (χ2v) is 9.44. The van der Waals surface area contributed by atoms with Crippen LogP contribution in [0.2, 0.25) is 0 Å². The molecule has 30 heavy (non-hydrogen) atoms. The van der Waals surface area contributed by atoms with Crippen molar-refractivity contribution in [2.24, 2.45) is 5.92 Å². The van der Waals surface area contributed by atoms with Gasteiger partial charge >= 0.3 is 0 Å². The molecule has 1 saturated heterocycles. The van der Waals surface area contributed by atoms with Gasteiger partial charge in [-0.25, -0.2) is 9.37 Å². The number of aromatic nitrogens is 3. The summed E-state index contributed by atoms with van der Waals surface area (Å²) < 4.78 is 18.0. The summed E-state index contributed by atoms with van der Waals surface area (Å²) in [5, 5.41) is 17.1. The Morgan fingerprint density at radius 2 is 2.20 bits per heavy atom. The third-order valence-corrected chi connectivity index (χ3v) is 6.79. The summed E-state index contributed by atoms with van der Waals surface area (Å²) in [6.07, 6.45) is 4.93. The molecule has 2 aromatic heterocycles. The Bertz CT molecular complexity index is 918. The molecule has 0 amide bonds. The molecule has 2 atom stereocenters. The lowest BCUT2D eigenvalue weighted by Gasteiger charge is -2.51. The summed E-state index contributed by atoms with van der Waals surface area (Å²) in [4.78, 5) is 11.3. The Hall–Kier alpha value is -2.31. The first-order valence-corrected chi connectivity index (χ1v) is 11.3. The van der Waals surface area contributed by atoms with Gasteiger partial charge in [0.1, 0.15) is 17.0 Å². The number of halogens is 1. The van der Waals surface area contributed by atoms with E-state index in [1.807, 2.05) is 26.1 Å². The minimum absolute atomic E-state index is 0.252. The van der Waals surface area contributed by atoms with Crippen molar-refractivity contribution < 1.29 is 4.39 Å². The van der Waals surface area contributed by atoms with Gasteiger partial charge in [0.15, 0.2) is 0 Å². The molecule has 4 rings (SSSR count). The molecule has 160 valence electrons. The zero-order valence-electron chi connectivity index (χ0n) is 17.5. The normalized spacial score (nSPS) is 22.9. The smallest absolute Gasteiger partial charge is 0.229 e. The molecule has 0 bridgehead atoms. The van der Waals surface area contributed by atoms with Crippen LogP contribution in [-0.2, 0) is 0 Å². The Balaban J connectivity index is 1.40. The van der Waals surface area contributed by atoms with Crippen LogP contribution in [0.25, 0.3) is 0 Å². The molecule has 1 saturated carbocycles. The molecule has 9 heteroatoms. The topological polar surface area (TPSA) is 89.8 Å². The molecule has 0 radical (unpaired) electrons. The average molecular weight is 430 g/mol. The summed E-state index contributed by atoms with van der Waals surface area (Å²) in [5.41, 5.74) is 1.71. The Labute approximate surface area is 180 Å². The van der Waals surface area contributed by atoms with Crippen LogP contribution in [-0.4, -0.2) is 45.7 Å². The molecule has 7 nitrogen and oxygen atoms in total. The molecule has 1 aliphatic heterocycles. The Morgan fingerprint density at radius 3 is 2.90 bits per heavy atom. The van der Waals surface area contributed by atoms with E-state index in [0.29, 0.717) is 44.2 Å². The van der Waals surface area contributed by atoms with E-state index in [-0.39, 0.29) is 5.54 Å². The van der Waals surface area contributed by atoms with Gasteiger partial charge in [0.2, 0.25) is 5.95 Å². The van der Waals surface area contributed by atoms with Crippen LogP contribution in [0.1, 0.15) is 43.4 Å². The third-order valence-electron chi connectivity index (χ3n) is 6.00. The van der Waals surface area contributed by atoms with Gasteiger partial charge in [-0.05, 0) is 63.2 Å². The van der Waals surface area contributed by atoms with Crippen molar-refractivity contribution in [3.8, 4) is 6.07 Å². The van der Waals surface area contributed by atoms with Crippen LogP contribution in [0.3, 0.4) is 0 Å². The number of nitrogens with one attached hydrogen (secondary N) is 2. The fraction of sp³-hybridized carbons (Fsp3) is 0.619. The van der Waals surface area contributed by atoms with Crippen molar-refractivity contribution in [3.63, 3.8) is 0 Å². The number of nitrogens with zero attached hydrogens (tertiary/aromatic N) is 5. The number of anilines is 3. The maximum atomic E-state index is 13.7. The summed E-state index contributed by atoms with van der Waals surface area (Å²) >= 11 is 1.38. The van der Waals surface area contributed by atoms with Crippen LogP contribution >= 0.6 is 11.5 Å². The fourth-order valence-electron chi connectivity index (χ4n) is 4.39. The SMILES string of the molecule is Cc1cc(Nc2ncc(C)c(N3CC(CC#N)(NCC4CCCC(F)C4)C3)n2)sn1. The summed E-state index contributed by atoms with van der Waals surface area (Å²) in [7, 11) is 0. The van der Waals surface area contributed by atoms with E-state index in [1.165, 1.54) is 11.5 Å². The molecule has 0 spiro atoms. The lowest BCUT2D eigenvalue weighted by molar-refractivity contribution is 0.173. The highest BCUT2D eigenvalue weighted by molar-refractivity contribution is 7.10. The predicted molar refractivity (Wildman–Crippen MR) is 117 cm³/mol. The van der Waals surface area contributed by atoms with Gasteiger partial charge in [0.05, 0.1) is 23.7 Å². The van der Waals surface area contributed by atoms with E-state index in [2.05, 4.69) is 31.0 Å². The third kappa shape index (κ3) is 4.71. The summed E-state index contributed by atoms with van der Waals surface area (Å²) in [6.45, 7) is 6.14. The maximum Gasteiger partial charge on any atom is 0.229 e. The maximum absolute atomic E-state index is 13.7. The minimum Gasteiger partial charge on any atom is -0.352 e. The molecule has 0 aromatic carbocycles. The number of hydrogen-bond acceptors (Lipinski definition) is 8.